The first-order valence-electron chi connectivity index (χ1n) is 11.3. The summed E-state index contributed by atoms with van der Waals surface area (Å²) in [5.74, 6) is 0.0653. The van der Waals surface area contributed by atoms with E-state index in [0.717, 1.165) is 27.6 Å². The number of Topliss-reactive ketones (excluding diaryl/α,β-unsaturated/α-hetero) is 1. The lowest BCUT2D eigenvalue weighted by molar-refractivity contribution is -0.116. The molecule has 0 spiro atoms. The lowest BCUT2D eigenvalue weighted by Crippen LogP contribution is -2.25. The molecule has 0 fully saturated rings. The van der Waals surface area contributed by atoms with Crippen molar-refractivity contribution in [3.63, 3.8) is 0 Å². The molecule has 4 aromatic carbocycles. The van der Waals surface area contributed by atoms with Crippen LogP contribution in [0.5, 0.6) is 0 Å². The molecule has 0 saturated heterocycles. The number of hydrogen-bond donors (Lipinski definition) is 1. The maximum atomic E-state index is 13.4. The Morgan fingerprint density at radius 2 is 1.45 bits per heavy atom. The average Bonchev–Trinajstić information content (AvgIpc) is 2.85. The molecule has 0 saturated carbocycles. The van der Waals surface area contributed by atoms with Crippen LogP contribution in [0, 0.1) is 0 Å². The molecule has 3 nitrogen and oxygen atoms in total. The van der Waals surface area contributed by atoms with Gasteiger partial charge in [0.1, 0.15) is 5.76 Å². The Kier molecular flexibility index (Phi) is 5.86. The molecule has 1 N–H and O–H groups in total. The number of aliphatic hydroxyl groups excluding tert-OH is 1. The van der Waals surface area contributed by atoms with Gasteiger partial charge >= 0.3 is 0 Å². The highest BCUT2D eigenvalue weighted by molar-refractivity contribution is 6.24. The minimum atomic E-state index is -0.0532. The van der Waals surface area contributed by atoms with E-state index in [4.69, 9.17) is 4.99 Å². The highest BCUT2D eigenvalue weighted by Gasteiger charge is 2.31. The van der Waals surface area contributed by atoms with E-state index in [-0.39, 0.29) is 17.5 Å². The molecule has 162 valence electrons. The predicted octanol–water partition coefficient (Wildman–Crippen LogP) is 7.11. The summed E-state index contributed by atoms with van der Waals surface area (Å²) in [6.45, 7) is 0. The second-order valence-corrected chi connectivity index (χ2v) is 8.47. The fourth-order valence-corrected chi connectivity index (χ4v) is 4.65. The molecule has 0 bridgehead atoms. The third-order valence-electron chi connectivity index (χ3n) is 6.26. The standard InChI is InChI=1S/C30H25NO2/c32-28-19-24(21-10-3-1-4-11-21)20-29(33)30(28)27(31-25-15-5-2-6-16-25)18-23-14-9-13-22-12-7-8-17-26(22)23/h1-17,24,32H,18-20H2. The number of rotatable bonds is 5. The number of hydrogen-bond acceptors (Lipinski definition) is 3. The quantitative estimate of drug-likeness (QED) is 0.342. The average molecular weight is 432 g/mol. The first kappa shape index (κ1) is 20.9. The number of aliphatic imine (C=N–C) groups is 1. The lowest BCUT2D eigenvalue weighted by Gasteiger charge is -2.25. The first-order valence-corrected chi connectivity index (χ1v) is 11.3. The van der Waals surface area contributed by atoms with Crippen LogP contribution in [0.1, 0.15) is 29.9 Å². The summed E-state index contributed by atoms with van der Waals surface area (Å²) in [4.78, 5) is 18.2. The Morgan fingerprint density at radius 1 is 0.788 bits per heavy atom. The minimum Gasteiger partial charge on any atom is -0.511 e. The molecule has 0 heterocycles. The maximum absolute atomic E-state index is 13.4. The summed E-state index contributed by atoms with van der Waals surface area (Å²) in [5.41, 5.74) is 3.92. The number of nitrogens with zero attached hydrogens (tertiary/aromatic N) is 1. The highest BCUT2D eigenvalue weighted by atomic mass is 16.3. The van der Waals surface area contributed by atoms with Gasteiger partial charge in [0.15, 0.2) is 5.78 Å². The number of ketones is 1. The van der Waals surface area contributed by atoms with Crippen LogP contribution in [0.2, 0.25) is 0 Å². The second kappa shape index (κ2) is 9.25. The molecular weight excluding hydrogens is 406 g/mol. The number of carbonyl (C=O) groups excluding carboxylic acids is 1. The minimum absolute atomic E-state index is 0.0158. The van der Waals surface area contributed by atoms with Crippen molar-refractivity contribution in [2.45, 2.75) is 25.2 Å². The van der Waals surface area contributed by atoms with Gasteiger partial charge in [-0.2, -0.15) is 0 Å². The van der Waals surface area contributed by atoms with Crippen LogP contribution >= 0.6 is 0 Å². The van der Waals surface area contributed by atoms with Gasteiger partial charge in [-0.1, -0.05) is 91.0 Å². The van der Waals surface area contributed by atoms with E-state index >= 15 is 0 Å². The van der Waals surface area contributed by atoms with E-state index in [1.165, 1.54) is 0 Å². The molecule has 0 aliphatic heterocycles. The van der Waals surface area contributed by atoms with Crippen molar-refractivity contribution >= 4 is 28.0 Å². The van der Waals surface area contributed by atoms with Gasteiger partial charge in [-0.3, -0.25) is 9.79 Å². The number of fused-ring (bicyclic) bond motifs is 1. The largest absolute Gasteiger partial charge is 0.511 e. The van der Waals surface area contributed by atoms with Gasteiger partial charge in [-0.05, 0) is 39.9 Å². The Hall–Kier alpha value is -3.98. The molecule has 3 heteroatoms. The van der Waals surface area contributed by atoms with Gasteiger partial charge < -0.3 is 5.11 Å². The summed E-state index contributed by atoms with van der Waals surface area (Å²) < 4.78 is 0. The summed E-state index contributed by atoms with van der Waals surface area (Å²) >= 11 is 0. The van der Waals surface area contributed by atoms with Gasteiger partial charge in [0.2, 0.25) is 0 Å². The zero-order chi connectivity index (χ0) is 22.6. The highest BCUT2D eigenvalue weighted by Crippen LogP contribution is 2.35. The third kappa shape index (κ3) is 4.49. The van der Waals surface area contributed by atoms with Crippen LogP contribution in [0.4, 0.5) is 5.69 Å². The lowest BCUT2D eigenvalue weighted by atomic mass is 9.80. The summed E-state index contributed by atoms with van der Waals surface area (Å²) in [7, 11) is 0. The zero-order valence-corrected chi connectivity index (χ0v) is 18.3. The van der Waals surface area contributed by atoms with Crippen molar-refractivity contribution in [2.24, 2.45) is 4.99 Å². The van der Waals surface area contributed by atoms with Gasteiger partial charge in [-0.25, -0.2) is 0 Å². The van der Waals surface area contributed by atoms with Crippen LogP contribution in [0.25, 0.3) is 10.8 Å². The van der Waals surface area contributed by atoms with Gasteiger partial charge in [0.25, 0.3) is 0 Å². The molecular formula is C30H25NO2. The Balaban J connectivity index is 1.57. The molecule has 0 aromatic heterocycles. The molecule has 5 rings (SSSR count). The van der Waals surface area contributed by atoms with E-state index < -0.39 is 0 Å². The molecule has 4 aromatic rings. The van der Waals surface area contributed by atoms with Crippen molar-refractivity contribution in [1.82, 2.24) is 0 Å². The van der Waals surface area contributed by atoms with E-state index in [1.54, 1.807) is 0 Å². The fraction of sp³-hybridized carbons (Fsp3) is 0.133. The van der Waals surface area contributed by atoms with Crippen molar-refractivity contribution in [3.05, 3.63) is 126 Å². The van der Waals surface area contributed by atoms with E-state index in [2.05, 4.69) is 24.3 Å². The predicted molar refractivity (Wildman–Crippen MR) is 134 cm³/mol. The molecule has 1 aliphatic rings. The first-order chi connectivity index (χ1) is 16.2. The normalized spacial score (nSPS) is 16.9. The van der Waals surface area contributed by atoms with Crippen LogP contribution in [-0.2, 0) is 11.2 Å². The topological polar surface area (TPSA) is 49.7 Å². The number of para-hydroxylation sites is 1. The SMILES string of the molecule is O=C1CC(c2ccccc2)CC(O)=C1C(Cc1cccc2ccccc12)=Nc1ccccc1. The van der Waals surface area contributed by atoms with Crippen LogP contribution in [-0.4, -0.2) is 16.6 Å². The van der Waals surface area contributed by atoms with E-state index in [1.807, 2.05) is 78.9 Å². The third-order valence-corrected chi connectivity index (χ3v) is 6.26. The molecule has 0 radical (unpaired) electrons. The molecule has 1 aliphatic carbocycles. The second-order valence-electron chi connectivity index (χ2n) is 8.47. The summed E-state index contributed by atoms with van der Waals surface area (Å²) in [6, 6.07) is 34.0. The monoisotopic (exact) mass is 431 g/mol. The van der Waals surface area contributed by atoms with Crippen LogP contribution in [0.3, 0.4) is 0 Å². The Morgan fingerprint density at radius 3 is 2.21 bits per heavy atom. The van der Waals surface area contributed by atoms with Gasteiger partial charge in [-0.15, -0.1) is 0 Å². The molecule has 1 atom stereocenters. The smallest absolute Gasteiger partial charge is 0.168 e. The van der Waals surface area contributed by atoms with E-state index in [9.17, 15) is 9.90 Å². The number of benzene rings is 4. The Labute approximate surface area is 193 Å². The van der Waals surface area contributed by atoms with Crippen LogP contribution in [0.15, 0.2) is 119 Å². The van der Waals surface area contributed by atoms with Crippen molar-refractivity contribution < 1.29 is 9.90 Å². The number of carbonyl (C=O) groups is 1. The number of allylic oxidation sites excluding steroid dienone is 2. The van der Waals surface area contributed by atoms with Crippen molar-refractivity contribution in [1.29, 1.82) is 0 Å². The summed E-state index contributed by atoms with van der Waals surface area (Å²) in [6.07, 6.45) is 1.28. The molecule has 1 unspecified atom stereocenters. The van der Waals surface area contributed by atoms with Gasteiger partial charge in [0.05, 0.1) is 17.0 Å². The summed E-state index contributed by atoms with van der Waals surface area (Å²) in [5, 5.41) is 13.4. The van der Waals surface area contributed by atoms with Crippen molar-refractivity contribution in [2.75, 3.05) is 0 Å². The number of aliphatic hydroxyl groups is 1. The van der Waals surface area contributed by atoms with Crippen LogP contribution < -0.4 is 0 Å². The van der Waals surface area contributed by atoms with E-state index in [0.29, 0.717) is 30.5 Å². The Bertz CT molecular complexity index is 1350. The molecule has 0 amide bonds. The van der Waals surface area contributed by atoms with Gasteiger partial charge in [0, 0.05) is 19.3 Å². The zero-order valence-electron chi connectivity index (χ0n) is 18.3. The van der Waals surface area contributed by atoms with Crippen molar-refractivity contribution in [3.8, 4) is 0 Å². The maximum Gasteiger partial charge on any atom is 0.168 e. The fourth-order valence-electron chi connectivity index (χ4n) is 4.65. The molecule has 33 heavy (non-hydrogen) atoms.